The zero-order chi connectivity index (χ0) is 24.6. The standard InChI is InChI=1S/C28H41O4P/c1-9-12-30-22-17-23(31-13-10-2)26(24(18-22)32-14-11-3)33-27(29)25-19(4)15-21(16-20(25)5)28(6,7)8/h15-18,33H,9-14H2,1-8H3. The van der Waals surface area contributed by atoms with Crippen molar-refractivity contribution < 1.29 is 19.0 Å². The lowest BCUT2D eigenvalue weighted by Crippen LogP contribution is -2.15. The van der Waals surface area contributed by atoms with Crippen LogP contribution in [0, 0.1) is 13.8 Å². The molecule has 0 bridgehead atoms. The number of carbonyl (C=O) groups is 1. The van der Waals surface area contributed by atoms with Crippen molar-refractivity contribution >= 4 is 19.4 Å². The Morgan fingerprint density at radius 1 is 0.788 bits per heavy atom. The van der Waals surface area contributed by atoms with Crippen LogP contribution in [0.25, 0.3) is 0 Å². The molecule has 0 aliphatic rings. The lowest BCUT2D eigenvalue weighted by molar-refractivity contribution is 0.108. The molecule has 2 aromatic rings. The van der Waals surface area contributed by atoms with Crippen molar-refractivity contribution in [3.8, 4) is 17.2 Å². The molecule has 0 saturated heterocycles. The normalized spacial score (nSPS) is 11.8. The second kappa shape index (κ2) is 12.4. The van der Waals surface area contributed by atoms with Gasteiger partial charge in [-0.2, -0.15) is 0 Å². The summed E-state index contributed by atoms with van der Waals surface area (Å²) >= 11 is 0. The van der Waals surface area contributed by atoms with Crippen molar-refractivity contribution in [2.24, 2.45) is 0 Å². The summed E-state index contributed by atoms with van der Waals surface area (Å²) in [5, 5.41) is 0.824. The lowest BCUT2D eigenvalue weighted by atomic mass is 9.84. The number of benzene rings is 2. The van der Waals surface area contributed by atoms with E-state index in [4.69, 9.17) is 14.2 Å². The molecule has 0 saturated carbocycles. The Kier molecular flexibility index (Phi) is 10.2. The second-order valence-corrected chi connectivity index (χ2v) is 10.7. The van der Waals surface area contributed by atoms with E-state index >= 15 is 0 Å². The Labute approximate surface area is 202 Å². The Hall–Kier alpha value is -2.06. The summed E-state index contributed by atoms with van der Waals surface area (Å²) in [6.45, 7) is 18.7. The summed E-state index contributed by atoms with van der Waals surface area (Å²) in [6.07, 6.45) is 2.68. The summed E-state index contributed by atoms with van der Waals surface area (Å²) < 4.78 is 18.0. The molecule has 5 heteroatoms. The zero-order valence-corrected chi connectivity index (χ0v) is 22.7. The molecular weight excluding hydrogens is 431 g/mol. The number of ether oxygens (including phenoxy) is 3. The topological polar surface area (TPSA) is 44.8 Å². The number of aryl methyl sites for hydroxylation is 2. The van der Waals surface area contributed by atoms with Crippen LogP contribution in [0.2, 0.25) is 0 Å². The van der Waals surface area contributed by atoms with E-state index in [0.29, 0.717) is 31.3 Å². The molecule has 4 nitrogen and oxygen atoms in total. The van der Waals surface area contributed by atoms with Crippen molar-refractivity contribution in [1.82, 2.24) is 0 Å². The highest BCUT2D eigenvalue weighted by Crippen LogP contribution is 2.36. The Balaban J connectivity index is 2.50. The highest BCUT2D eigenvalue weighted by atomic mass is 31.1. The molecule has 0 N–H and O–H groups in total. The first kappa shape index (κ1) is 27.2. The average molecular weight is 473 g/mol. The van der Waals surface area contributed by atoms with Gasteiger partial charge in [0, 0.05) is 17.7 Å². The number of hydrogen-bond acceptors (Lipinski definition) is 4. The maximum absolute atomic E-state index is 13.6. The van der Waals surface area contributed by atoms with Gasteiger partial charge in [0.1, 0.15) is 17.2 Å². The number of rotatable bonds is 12. The maximum Gasteiger partial charge on any atom is 0.186 e. The Bertz CT molecular complexity index is 891. The van der Waals surface area contributed by atoms with Crippen LogP contribution in [0.4, 0.5) is 0 Å². The van der Waals surface area contributed by atoms with E-state index < -0.39 is 0 Å². The lowest BCUT2D eigenvalue weighted by Gasteiger charge is -2.22. The van der Waals surface area contributed by atoms with Crippen molar-refractivity contribution in [3.63, 3.8) is 0 Å². The first-order valence-corrected chi connectivity index (χ1v) is 13.1. The SMILES string of the molecule is CCCOc1cc(OCCC)c(PC(=O)c2c(C)cc(C(C)(C)C)cc2C)c(OCCC)c1. The van der Waals surface area contributed by atoms with Crippen LogP contribution in [0.5, 0.6) is 17.2 Å². The third-order valence-electron chi connectivity index (χ3n) is 5.30. The maximum atomic E-state index is 13.6. The summed E-state index contributed by atoms with van der Waals surface area (Å²) in [5.41, 5.74) is 4.23. The fourth-order valence-corrected chi connectivity index (χ4v) is 4.86. The van der Waals surface area contributed by atoms with E-state index in [2.05, 4.69) is 53.7 Å². The van der Waals surface area contributed by atoms with Gasteiger partial charge in [-0.25, -0.2) is 0 Å². The fraction of sp³-hybridized carbons (Fsp3) is 0.536. The van der Waals surface area contributed by atoms with Crippen LogP contribution < -0.4 is 19.5 Å². The summed E-state index contributed by atoms with van der Waals surface area (Å²) in [5.74, 6) is 2.09. The van der Waals surface area contributed by atoms with Gasteiger partial charge in [-0.3, -0.25) is 4.79 Å². The first-order chi connectivity index (χ1) is 15.6. The zero-order valence-electron chi connectivity index (χ0n) is 21.7. The van der Waals surface area contributed by atoms with Gasteiger partial charge in [0.25, 0.3) is 0 Å². The molecule has 0 radical (unpaired) electrons. The summed E-state index contributed by atoms with van der Waals surface area (Å²) in [6, 6.07) is 8.11. The van der Waals surface area contributed by atoms with Crippen molar-refractivity contribution in [2.45, 2.75) is 80.1 Å². The predicted molar refractivity (Wildman–Crippen MR) is 141 cm³/mol. The van der Waals surface area contributed by atoms with Gasteiger partial charge in [0.2, 0.25) is 0 Å². The molecule has 2 aromatic carbocycles. The summed E-state index contributed by atoms with van der Waals surface area (Å²) in [7, 11) is -0.0937. The monoisotopic (exact) mass is 472 g/mol. The molecular formula is C28H41O4P. The first-order valence-electron chi connectivity index (χ1n) is 12.1. The van der Waals surface area contributed by atoms with E-state index in [1.54, 1.807) is 0 Å². The van der Waals surface area contributed by atoms with E-state index in [0.717, 1.165) is 47.0 Å². The minimum absolute atomic E-state index is 0.0377. The van der Waals surface area contributed by atoms with Gasteiger partial charge in [-0.05, 0) is 63.8 Å². The molecule has 0 aliphatic carbocycles. The molecule has 0 aromatic heterocycles. The third-order valence-corrected chi connectivity index (χ3v) is 6.52. The van der Waals surface area contributed by atoms with E-state index in [1.807, 2.05) is 26.0 Å². The Morgan fingerprint density at radius 3 is 1.67 bits per heavy atom. The molecule has 0 spiro atoms. The van der Waals surface area contributed by atoms with Crippen LogP contribution in [-0.4, -0.2) is 25.3 Å². The molecule has 0 heterocycles. The van der Waals surface area contributed by atoms with Gasteiger partial charge in [0.05, 0.1) is 25.1 Å². The molecule has 0 aliphatic heterocycles. The van der Waals surface area contributed by atoms with E-state index in [1.165, 1.54) is 5.56 Å². The van der Waals surface area contributed by atoms with Crippen LogP contribution >= 0.6 is 8.58 Å². The van der Waals surface area contributed by atoms with E-state index in [9.17, 15) is 4.79 Å². The Morgan fingerprint density at radius 2 is 1.24 bits per heavy atom. The number of hydrogen-bond donors (Lipinski definition) is 0. The van der Waals surface area contributed by atoms with Crippen molar-refractivity contribution in [1.29, 1.82) is 0 Å². The highest BCUT2D eigenvalue weighted by molar-refractivity contribution is 7.66. The molecule has 1 atom stereocenters. The van der Waals surface area contributed by atoms with Gasteiger partial charge in [-0.15, -0.1) is 0 Å². The van der Waals surface area contributed by atoms with Crippen LogP contribution in [0.1, 0.15) is 87.9 Å². The minimum Gasteiger partial charge on any atom is -0.493 e. The van der Waals surface area contributed by atoms with E-state index in [-0.39, 0.29) is 19.5 Å². The van der Waals surface area contributed by atoms with Crippen LogP contribution in [0.3, 0.4) is 0 Å². The van der Waals surface area contributed by atoms with Gasteiger partial charge in [0.15, 0.2) is 5.52 Å². The van der Waals surface area contributed by atoms with Crippen molar-refractivity contribution in [2.75, 3.05) is 19.8 Å². The largest absolute Gasteiger partial charge is 0.493 e. The smallest absolute Gasteiger partial charge is 0.186 e. The predicted octanol–water partition coefficient (Wildman–Crippen LogP) is 7.11. The van der Waals surface area contributed by atoms with Gasteiger partial charge < -0.3 is 14.2 Å². The molecule has 0 fully saturated rings. The third kappa shape index (κ3) is 7.47. The second-order valence-electron chi connectivity index (χ2n) is 9.53. The minimum atomic E-state index is -0.0937. The van der Waals surface area contributed by atoms with Gasteiger partial charge >= 0.3 is 0 Å². The van der Waals surface area contributed by atoms with Crippen molar-refractivity contribution in [3.05, 3.63) is 46.5 Å². The van der Waals surface area contributed by atoms with Gasteiger partial charge in [-0.1, -0.05) is 53.7 Å². The number of carbonyl (C=O) groups excluding carboxylic acids is 1. The quantitative estimate of drug-likeness (QED) is 0.309. The summed E-state index contributed by atoms with van der Waals surface area (Å²) in [4.78, 5) is 13.6. The van der Waals surface area contributed by atoms with Crippen LogP contribution in [-0.2, 0) is 5.41 Å². The average Bonchev–Trinajstić information content (AvgIpc) is 2.74. The van der Waals surface area contributed by atoms with Crippen LogP contribution in [0.15, 0.2) is 24.3 Å². The molecule has 2 rings (SSSR count). The molecule has 1 unspecified atom stereocenters. The fourth-order valence-electron chi connectivity index (χ4n) is 3.57. The highest BCUT2D eigenvalue weighted by Gasteiger charge is 2.23. The molecule has 0 amide bonds. The molecule has 182 valence electrons. The molecule has 33 heavy (non-hydrogen) atoms.